The van der Waals surface area contributed by atoms with Crippen LogP contribution in [-0.4, -0.2) is 14.8 Å². The molecule has 0 aromatic rings. The average Bonchev–Trinajstić information content (AvgIpc) is 2.04. The molecular weight excluding hydrogens is 176 g/mol. The second kappa shape index (κ2) is 5.13. The molecule has 0 radical (unpaired) electrons. The smallest absolute Gasteiger partial charge is 0.132 e. The molecule has 0 unspecified atom stereocenters. The summed E-state index contributed by atoms with van der Waals surface area (Å²) in [4.78, 5) is 0. The van der Waals surface area contributed by atoms with E-state index in [1.165, 1.54) is 38.6 Å². The average molecular weight is 200 g/mol. The van der Waals surface area contributed by atoms with E-state index in [2.05, 4.69) is 30.2 Å². The van der Waals surface area contributed by atoms with Crippen molar-refractivity contribution < 1.29 is 0 Å². The van der Waals surface area contributed by atoms with Gasteiger partial charge in [-0.05, 0) is 18.8 Å². The minimum Gasteiger partial charge on any atom is -0.279 e. The van der Waals surface area contributed by atoms with E-state index >= 15 is 0 Å². The Bertz CT molecular complexity index is 136. The predicted octanol–water partition coefficient (Wildman–Crippen LogP) is 2.50. The predicted molar refractivity (Wildman–Crippen MR) is 61.1 cm³/mol. The fourth-order valence-electron chi connectivity index (χ4n) is 1.85. The van der Waals surface area contributed by atoms with Gasteiger partial charge in [0.1, 0.15) is 8.24 Å². The first kappa shape index (κ1) is 11.2. The third-order valence-electron chi connectivity index (χ3n) is 2.58. The Balaban J connectivity index is 2.04. The molecule has 2 N–H and O–H groups in total. The highest BCUT2D eigenvalue weighted by Crippen LogP contribution is 2.22. The fraction of sp³-hybridized carbons (Fsp3) is 1.00. The molecule has 13 heavy (non-hydrogen) atoms. The van der Waals surface area contributed by atoms with Crippen molar-refractivity contribution in [1.29, 1.82) is 0 Å². The lowest BCUT2D eigenvalue weighted by Gasteiger charge is -2.25. The Morgan fingerprint density at radius 1 is 1.08 bits per heavy atom. The van der Waals surface area contributed by atoms with E-state index in [-0.39, 0.29) is 0 Å². The van der Waals surface area contributed by atoms with Crippen LogP contribution in [0.15, 0.2) is 0 Å². The highest BCUT2D eigenvalue weighted by atomic mass is 28.3. The zero-order chi connectivity index (χ0) is 9.73. The Morgan fingerprint density at radius 3 is 2.23 bits per heavy atom. The molecule has 1 rings (SSSR count). The van der Waals surface area contributed by atoms with Gasteiger partial charge in [0, 0.05) is 6.54 Å². The lowest BCUT2D eigenvalue weighted by molar-refractivity contribution is 0.337. The zero-order valence-corrected chi connectivity index (χ0v) is 10.3. The standard InChI is InChI=1S/C10H24N2Si/c1-13(2,3)12-11-9-10-7-5-4-6-8-10/h10-12H,4-9H2,1-3H3. The summed E-state index contributed by atoms with van der Waals surface area (Å²) in [5.74, 6) is 0.928. The number of hydrogen-bond acceptors (Lipinski definition) is 2. The maximum Gasteiger partial charge on any atom is 0.132 e. The second-order valence-corrected chi connectivity index (χ2v) is 10.0. The third-order valence-corrected chi connectivity index (χ3v) is 3.51. The first-order valence-electron chi connectivity index (χ1n) is 5.58. The van der Waals surface area contributed by atoms with Gasteiger partial charge in [0.2, 0.25) is 0 Å². The largest absolute Gasteiger partial charge is 0.279 e. The topological polar surface area (TPSA) is 24.1 Å². The van der Waals surface area contributed by atoms with Crippen molar-refractivity contribution in [2.45, 2.75) is 51.7 Å². The second-order valence-electron chi connectivity index (χ2n) is 5.26. The van der Waals surface area contributed by atoms with E-state index in [0.717, 1.165) is 5.92 Å². The fourth-order valence-corrected chi connectivity index (χ4v) is 2.48. The van der Waals surface area contributed by atoms with E-state index in [1.807, 2.05) is 0 Å². The van der Waals surface area contributed by atoms with Gasteiger partial charge < -0.3 is 0 Å². The van der Waals surface area contributed by atoms with Crippen LogP contribution in [-0.2, 0) is 0 Å². The Kier molecular flexibility index (Phi) is 4.42. The molecule has 0 amide bonds. The maximum absolute atomic E-state index is 3.46. The summed E-state index contributed by atoms with van der Waals surface area (Å²) >= 11 is 0. The van der Waals surface area contributed by atoms with Crippen LogP contribution in [0.1, 0.15) is 32.1 Å². The summed E-state index contributed by atoms with van der Waals surface area (Å²) in [6, 6.07) is 0. The van der Waals surface area contributed by atoms with Crippen LogP contribution < -0.4 is 10.5 Å². The van der Waals surface area contributed by atoms with Gasteiger partial charge in [0.05, 0.1) is 0 Å². The number of hydrazine groups is 1. The van der Waals surface area contributed by atoms with Crippen LogP contribution >= 0.6 is 0 Å². The van der Waals surface area contributed by atoms with Gasteiger partial charge >= 0.3 is 0 Å². The molecule has 1 aliphatic rings. The van der Waals surface area contributed by atoms with E-state index in [1.54, 1.807) is 0 Å². The van der Waals surface area contributed by atoms with Crippen molar-refractivity contribution >= 4 is 8.24 Å². The molecule has 1 fully saturated rings. The van der Waals surface area contributed by atoms with E-state index in [4.69, 9.17) is 0 Å². The molecule has 0 bridgehead atoms. The molecule has 0 aromatic heterocycles. The van der Waals surface area contributed by atoms with Crippen molar-refractivity contribution in [3.05, 3.63) is 0 Å². The molecule has 0 spiro atoms. The molecule has 0 aromatic carbocycles. The van der Waals surface area contributed by atoms with Gasteiger partial charge in [-0.25, -0.2) is 0 Å². The highest BCUT2D eigenvalue weighted by molar-refractivity contribution is 6.73. The van der Waals surface area contributed by atoms with Crippen LogP contribution in [0.25, 0.3) is 0 Å². The van der Waals surface area contributed by atoms with Crippen LogP contribution in [0, 0.1) is 5.92 Å². The van der Waals surface area contributed by atoms with E-state index in [0.29, 0.717) is 0 Å². The van der Waals surface area contributed by atoms with Crippen LogP contribution in [0.3, 0.4) is 0 Å². The molecule has 0 saturated heterocycles. The summed E-state index contributed by atoms with van der Waals surface area (Å²) in [5, 5.41) is 3.46. The van der Waals surface area contributed by atoms with Crippen LogP contribution in [0.5, 0.6) is 0 Å². The van der Waals surface area contributed by atoms with Crippen LogP contribution in [0.2, 0.25) is 19.6 Å². The number of rotatable bonds is 4. The van der Waals surface area contributed by atoms with Crippen molar-refractivity contribution in [1.82, 2.24) is 10.5 Å². The monoisotopic (exact) mass is 200 g/mol. The first-order chi connectivity index (χ1) is 6.08. The molecule has 3 heteroatoms. The summed E-state index contributed by atoms with van der Waals surface area (Å²) in [7, 11) is -1.10. The first-order valence-corrected chi connectivity index (χ1v) is 9.08. The maximum atomic E-state index is 3.46. The van der Waals surface area contributed by atoms with E-state index in [9.17, 15) is 0 Å². The number of nitrogens with one attached hydrogen (secondary N) is 2. The minimum absolute atomic E-state index is 0.928. The lowest BCUT2D eigenvalue weighted by Crippen LogP contribution is -2.51. The SMILES string of the molecule is C[Si](C)(C)NNCC1CCCCC1. The quantitative estimate of drug-likeness (QED) is 0.538. The zero-order valence-electron chi connectivity index (χ0n) is 9.32. The number of hydrogen-bond donors (Lipinski definition) is 2. The van der Waals surface area contributed by atoms with E-state index < -0.39 is 8.24 Å². The summed E-state index contributed by atoms with van der Waals surface area (Å²) < 4.78 is 0. The molecule has 0 heterocycles. The minimum atomic E-state index is -1.10. The van der Waals surface area contributed by atoms with Gasteiger partial charge in [-0.1, -0.05) is 38.9 Å². The van der Waals surface area contributed by atoms with Crippen molar-refractivity contribution in [3.63, 3.8) is 0 Å². The molecule has 1 aliphatic carbocycles. The Hall–Kier alpha value is 0.137. The summed E-state index contributed by atoms with van der Waals surface area (Å²) in [6.45, 7) is 8.13. The lowest BCUT2D eigenvalue weighted by atomic mass is 9.89. The Morgan fingerprint density at radius 2 is 1.69 bits per heavy atom. The van der Waals surface area contributed by atoms with Gasteiger partial charge in [-0.15, -0.1) is 0 Å². The van der Waals surface area contributed by atoms with Crippen molar-refractivity contribution in [2.24, 2.45) is 5.92 Å². The van der Waals surface area contributed by atoms with Crippen molar-refractivity contribution in [2.75, 3.05) is 6.54 Å². The molecule has 0 atom stereocenters. The third kappa shape index (κ3) is 5.44. The van der Waals surface area contributed by atoms with Crippen LogP contribution in [0.4, 0.5) is 0 Å². The highest BCUT2D eigenvalue weighted by Gasteiger charge is 2.15. The van der Waals surface area contributed by atoms with Gasteiger partial charge in [0.15, 0.2) is 0 Å². The molecule has 0 aliphatic heterocycles. The molecule has 78 valence electrons. The molecular formula is C10H24N2Si. The van der Waals surface area contributed by atoms with Gasteiger partial charge in [0.25, 0.3) is 0 Å². The summed E-state index contributed by atoms with van der Waals surface area (Å²) in [5.41, 5.74) is 3.41. The molecule has 2 nitrogen and oxygen atoms in total. The normalized spacial score (nSPS) is 20.5. The molecule has 1 saturated carbocycles. The van der Waals surface area contributed by atoms with Gasteiger partial charge in [-0.3, -0.25) is 10.5 Å². The van der Waals surface area contributed by atoms with Crippen molar-refractivity contribution in [3.8, 4) is 0 Å². The summed E-state index contributed by atoms with van der Waals surface area (Å²) in [6.07, 6.45) is 7.21. The Labute approximate surface area is 83.5 Å². The van der Waals surface area contributed by atoms with Gasteiger partial charge in [-0.2, -0.15) is 0 Å².